The Hall–Kier alpha value is -3.05. The van der Waals surface area contributed by atoms with Gasteiger partial charge < -0.3 is 18.9 Å². The maximum atomic E-state index is 12.5. The summed E-state index contributed by atoms with van der Waals surface area (Å²) in [5.74, 6) is 0.671. The second-order valence-corrected chi connectivity index (χ2v) is 7.53. The van der Waals surface area contributed by atoms with Gasteiger partial charge >= 0.3 is 0 Å². The molecule has 0 bridgehead atoms. The van der Waals surface area contributed by atoms with Crippen LogP contribution < -0.4 is 35.1 Å². The molecule has 0 aliphatic carbocycles. The molecule has 0 saturated carbocycles. The lowest BCUT2D eigenvalue weighted by molar-refractivity contribution is 0.0934. The van der Waals surface area contributed by atoms with Crippen LogP contribution in [0.4, 0.5) is 0 Å². The van der Waals surface area contributed by atoms with Crippen molar-refractivity contribution in [2.75, 3.05) is 27.9 Å². The van der Waals surface area contributed by atoms with Gasteiger partial charge in [-0.2, -0.15) is 0 Å². The van der Waals surface area contributed by atoms with Gasteiger partial charge in [-0.1, -0.05) is 6.92 Å². The van der Waals surface area contributed by atoms with Gasteiger partial charge in [-0.15, -0.1) is 0 Å². The van der Waals surface area contributed by atoms with E-state index < -0.39 is 11.8 Å². The topological polar surface area (TPSA) is 107 Å². The molecule has 0 unspecified atom stereocenters. The highest BCUT2D eigenvalue weighted by molar-refractivity contribution is 9.10. The van der Waals surface area contributed by atoms with Gasteiger partial charge in [-0.3, -0.25) is 25.8 Å². The van der Waals surface area contributed by atoms with Crippen LogP contribution in [0.1, 0.15) is 34.1 Å². The number of ether oxygens (including phenoxy) is 4. The number of nitrogens with one attached hydrogen (secondary N) is 3. The first-order valence-electron chi connectivity index (χ1n) is 9.48. The molecular weight excluding hydrogens is 502 g/mol. The first-order valence-corrected chi connectivity index (χ1v) is 10.7. The van der Waals surface area contributed by atoms with E-state index in [-0.39, 0.29) is 10.7 Å². The normalized spacial score (nSPS) is 10.0. The van der Waals surface area contributed by atoms with Crippen molar-refractivity contribution in [2.45, 2.75) is 13.3 Å². The molecule has 0 fully saturated rings. The molecular formula is C21H24BrN3O6S. The Morgan fingerprint density at radius 3 is 2.09 bits per heavy atom. The Bertz CT molecular complexity index is 976. The summed E-state index contributed by atoms with van der Waals surface area (Å²) in [6, 6.07) is 7.90. The van der Waals surface area contributed by atoms with Crippen LogP contribution in [0.15, 0.2) is 34.8 Å². The molecule has 0 spiro atoms. The third-order valence-electron chi connectivity index (χ3n) is 4.10. The number of carbonyl (C=O) groups excluding carboxylic acids is 2. The summed E-state index contributed by atoms with van der Waals surface area (Å²) < 4.78 is 21.9. The molecule has 2 aromatic carbocycles. The number of hydrogen-bond donors (Lipinski definition) is 3. The smallest absolute Gasteiger partial charge is 0.269 e. The van der Waals surface area contributed by atoms with Crippen molar-refractivity contribution in [2.24, 2.45) is 0 Å². The standard InChI is InChI=1S/C21H24BrN3O6S/c1-5-8-31-15-7-6-12(9-14(15)22)19(26)23-21(32)25-24-20(27)13-10-16(28-2)18(30-4)17(11-13)29-3/h6-7,9-11H,5,8H2,1-4H3,(H,24,27)(H2,23,25,26,32). The maximum absolute atomic E-state index is 12.5. The Kier molecular flexibility index (Phi) is 9.54. The number of halogens is 1. The predicted molar refractivity (Wildman–Crippen MR) is 127 cm³/mol. The van der Waals surface area contributed by atoms with Crippen LogP contribution >= 0.6 is 28.1 Å². The number of benzene rings is 2. The van der Waals surface area contributed by atoms with Crippen LogP contribution in [0, 0.1) is 0 Å². The van der Waals surface area contributed by atoms with E-state index in [0.717, 1.165) is 6.42 Å². The molecule has 0 atom stereocenters. The summed E-state index contributed by atoms with van der Waals surface area (Å²) in [6.07, 6.45) is 0.871. The predicted octanol–water partition coefficient (Wildman–Crippen LogP) is 3.21. The van der Waals surface area contributed by atoms with Gasteiger partial charge in [-0.25, -0.2) is 0 Å². The maximum Gasteiger partial charge on any atom is 0.269 e. The summed E-state index contributed by atoms with van der Waals surface area (Å²) in [7, 11) is 4.36. The fraction of sp³-hybridized carbons (Fsp3) is 0.286. The van der Waals surface area contributed by atoms with Gasteiger partial charge in [-0.05, 0) is 64.9 Å². The van der Waals surface area contributed by atoms with E-state index in [0.29, 0.717) is 39.6 Å². The average Bonchev–Trinajstić information content (AvgIpc) is 2.80. The fourth-order valence-electron chi connectivity index (χ4n) is 2.58. The molecule has 11 heteroatoms. The van der Waals surface area contributed by atoms with Crippen LogP contribution in [0.3, 0.4) is 0 Å². The van der Waals surface area contributed by atoms with Crippen LogP contribution in [0.25, 0.3) is 0 Å². The molecule has 172 valence electrons. The van der Waals surface area contributed by atoms with E-state index in [9.17, 15) is 9.59 Å². The second kappa shape index (κ2) is 12.1. The molecule has 0 aliphatic rings. The highest BCUT2D eigenvalue weighted by atomic mass is 79.9. The Labute approximate surface area is 199 Å². The molecule has 3 N–H and O–H groups in total. The Balaban J connectivity index is 1.98. The summed E-state index contributed by atoms with van der Waals surface area (Å²) >= 11 is 8.47. The second-order valence-electron chi connectivity index (χ2n) is 6.27. The van der Waals surface area contributed by atoms with Gasteiger partial charge in [0, 0.05) is 11.1 Å². The monoisotopic (exact) mass is 525 g/mol. The lowest BCUT2D eigenvalue weighted by atomic mass is 10.1. The van der Waals surface area contributed by atoms with Crippen molar-refractivity contribution in [1.29, 1.82) is 0 Å². The van der Waals surface area contributed by atoms with Crippen LogP contribution in [0.5, 0.6) is 23.0 Å². The number of hydrazine groups is 1. The lowest BCUT2D eigenvalue weighted by Gasteiger charge is -2.15. The number of rotatable bonds is 8. The molecule has 0 saturated heterocycles. The van der Waals surface area contributed by atoms with Crippen molar-refractivity contribution in [3.63, 3.8) is 0 Å². The van der Waals surface area contributed by atoms with Crippen molar-refractivity contribution in [3.05, 3.63) is 45.9 Å². The number of amides is 2. The largest absolute Gasteiger partial charge is 0.493 e. The minimum Gasteiger partial charge on any atom is -0.493 e. The SMILES string of the molecule is CCCOc1ccc(C(=O)NC(=S)NNC(=O)c2cc(OC)c(OC)c(OC)c2)cc1Br. The Morgan fingerprint density at radius 1 is 0.906 bits per heavy atom. The average molecular weight is 526 g/mol. The van der Waals surface area contributed by atoms with Gasteiger partial charge in [0.1, 0.15) is 5.75 Å². The van der Waals surface area contributed by atoms with E-state index in [2.05, 4.69) is 32.1 Å². The molecule has 0 aliphatic heterocycles. The molecule has 2 amide bonds. The van der Waals surface area contributed by atoms with Crippen LogP contribution in [-0.4, -0.2) is 44.9 Å². The van der Waals surface area contributed by atoms with Crippen LogP contribution in [-0.2, 0) is 0 Å². The third-order valence-corrected chi connectivity index (χ3v) is 4.92. The first kappa shape index (κ1) is 25.2. The number of methoxy groups -OCH3 is 3. The van der Waals surface area contributed by atoms with E-state index >= 15 is 0 Å². The molecule has 32 heavy (non-hydrogen) atoms. The molecule has 0 radical (unpaired) electrons. The fourth-order valence-corrected chi connectivity index (χ4v) is 3.21. The minimum atomic E-state index is -0.527. The van der Waals surface area contributed by atoms with Gasteiger partial charge in [0.15, 0.2) is 16.6 Å². The zero-order valence-electron chi connectivity index (χ0n) is 18.0. The van der Waals surface area contributed by atoms with Crippen molar-refractivity contribution in [3.8, 4) is 23.0 Å². The summed E-state index contributed by atoms with van der Waals surface area (Å²) in [4.78, 5) is 24.9. The van der Waals surface area contributed by atoms with E-state index in [1.165, 1.54) is 33.5 Å². The summed E-state index contributed by atoms with van der Waals surface area (Å²) in [5, 5.41) is 2.41. The van der Waals surface area contributed by atoms with Crippen molar-refractivity contribution in [1.82, 2.24) is 16.2 Å². The third kappa shape index (κ3) is 6.47. The van der Waals surface area contributed by atoms with Crippen molar-refractivity contribution < 1.29 is 28.5 Å². The summed E-state index contributed by atoms with van der Waals surface area (Å²) in [6.45, 7) is 2.58. The van der Waals surface area contributed by atoms with E-state index in [1.54, 1.807) is 18.2 Å². The minimum absolute atomic E-state index is 0.0850. The number of carbonyl (C=O) groups is 2. The van der Waals surface area contributed by atoms with E-state index in [4.69, 9.17) is 31.2 Å². The molecule has 2 aromatic rings. The highest BCUT2D eigenvalue weighted by Gasteiger charge is 2.17. The van der Waals surface area contributed by atoms with Gasteiger partial charge in [0.2, 0.25) is 5.75 Å². The van der Waals surface area contributed by atoms with E-state index in [1.807, 2.05) is 6.92 Å². The zero-order chi connectivity index (χ0) is 23.7. The molecule has 0 aromatic heterocycles. The van der Waals surface area contributed by atoms with Crippen LogP contribution in [0.2, 0.25) is 0 Å². The Morgan fingerprint density at radius 2 is 1.56 bits per heavy atom. The zero-order valence-corrected chi connectivity index (χ0v) is 20.4. The van der Waals surface area contributed by atoms with Crippen molar-refractivity contribution >= 4 is 45.1 Å². The van der Waals surface area contributed by atoms with Gasteiger partial charge in [0.25, 0.3) is 11.8 Å². The quantitative estimate of drug-likeness (QED) is 0.356. The highest BCUT2D eigenvalue weighted by Crippen LogP contribution is 2.38. The number of hydrogen-bond acceptors (Lipinski definition) is 7. The number of thiocarbonyl (C=S) groups is 1. The molecule has 0 heterocycles. The summed E-state index contributed by atoms with van der Waals surface area (Å²) in [5.41, 5.74) is 5.49. The van der Waals surface area contributed by atoms with Gasteiger partial charge in [0.05, 0.1) is 32.4 Å². The lowest BCUT2D eigenvalue weighted by Crippen LogP contribution is -2.48. The molecule has 9 nitrogen and oxygen atoms in total. The first-order chi connectivity index (χ1) is 15.3. The molecule has 2 rings (SSSR count).